The van der Waals surface area contributed by atoms with Gasteiger partial charge in [-0.1, -0.05) is 18.6 Å². The average molecular weight is 261 g/mol. The molecule has 104 valence electrons. The average Bonchev–Trinajstić information content (AvgIpc) is 2.98. The highest BCUT2D eigenvalue weighted by Gasteiger charge is 2.36. The molecule has 2 aliphatic rings. The quantitative estimate of drug-likeness (QED) is 0.873. The van der Waals surface area contributed by atoms with Crippen molar-refractivity contribution in [3.05, 3.63) is 29.8 Å². The van der Waals surface area contributed by atoms with Gasteiger partial charge >= 0.3 is 0 Å². The van der Waals surface area contributed by atoms with Crippen LogP contribution >= 0.6 is 0 Å². The molecule has 1 aromatic carbocycles. The zero-order valence-corrected chi connectivity index (χ0v) is 11.3. The third-order valence-corrected chi connectivity index (χ3v) is 4.87. The van der Waals surface area contributed by atoms with Gasteiger partial charge in [0.25, 0.3) is 0 Å². The van der Waals surface area contributed by atoms with Crippen LogP contribution in [-0.2, 0) is 0 Å². The van der Waals surface area contributed by atoms with E-state index in [0.29, 0.717) is 0 Å². The van der Waals surface area contributed by atoms with E-state index in [1.807, 2.05) is 12.1 Å². The molecule has 0 spiro atoms. The molecule has 0 bridgehead atoms. The van der Waals surface area contributed by atoms with Gasteiger partial charge in [-0.15, -0.1) is 0 Å². The lowest BCUT2D eigenvalue weighted by Gasteiger charge is -2.23. The molecule has 3 nitrogen and oxygen atoms in total. The molecule has 3 atom stereocenters. The molecule has 1 saturated heterocycles. The Bertz CT molecular complexity index is 405. The summed E-state index contributed by atoms with van der Waals surface area (Å²) in [7, 11) is 0. The van der Waals surface area contributed by atoms with Crippen LogP contribution in [0.1, 0.15) is 30.7 Å². The van der Waals surface area contributed by atoms with E-state index >= 15 is 0 Å². The molecular formula is C16H23NO2. The van der Waals surface area contributed by atoms with Gasteiger partial charge in [-0.25, -0.2) is 0 Å². The number of fused-ring (bicyclic) bond motifs is 1. The minimum absolute atomic E-state index is 0.166. The second kappa shape index (κ2) is 5.51. The van der Waals surface area contributed by atoms with Crippen molar-refractivity contribution < 1.29 is 10.2 Å². The van der Waals surface area contributed by atoms with Crippen molar-refractivity contribution in [2.75, 3.05) is 26.2 Å². The number of hydrogen-bond acceptors (Lipinski definition) is 3. The lowest BCUT2D eigenvalue weighted by atomic mass is 9.99. The zero-order chi connectivity index (χ0) is 13.2. The Kier molecular flexibility index (Phi) is 3.76. The number of aromatic hydroxyl groups is 1. The molecule has 2 N–H and O–H groups in total. The minimum atomic E-state index is 0.166. The second-order valence-electron chi connectivity index (χ2n) is 6.14. The number of hydrogen-bond donors (Lipinski definition) is 2. The normalized spacial score (nSPS) is 28.5. The van der Waals surface area contributed by atoms with Crippen LogP contribution in [0.25, 0.3) is 0 Å². The molecule has 0 aromatic heterocycles. The topological polar surface area (TPSA) is 43.7 Å². The maximum Gasteiger partial charge on any atom is 0.115 e. The zero-order valence-electron chi connectivity index (χ0n) is 11.3. The molecule has 0 radical (unpaired) electrons. The summed E-state index contributed by atoms with van der Waals surface area (Å²) in [5.41, 5.74) is 1.12. The molecule has 1 saturated carbocycles. The van der Waals surface area contributed by atoms with Gasteiger partial charge in [0.2, 0.25) is 0 Å². The molecule has 3 rings (SSSR count). The SMILES string of the molecule is OCC(CN1C[C@H]2CCC[C@H]2C1)c1ccc(O)cc1. The molecular weight excluding hydrogens is 238 g/mol. The van der Waals surface area contributed by atoms with E-state index < -0.39 is 0 Å². The molecule has 2 fully saturated rings. The van der Waals surface area contributed by atoms with Crippen LogP contribution in [0.2, 0.25) is 0 Å². The molecule has 3 heteroatoms. The first-order valence-electron chi connectivity index (χ1n) is 7.38. The second-order valence-corrected chi connectivity index (χ2v) is 6.14. The van der Waals surface area contributed by atoms with Gasteiger partial charge in [0.15, 0.2) is 0 Å². The third kappa shape index (κ3) is 2.77. The largest absolute Gasteiger partial charge is 0.508 e. The Labute approximate surface area is 114 Å². The molecule has 0 amide bonds. The van der Waals surface area contributed by atoms with Crippen molar-refractivity contribution in [1.29, 1.82) is 0 Å². The summed E-state index contributed by atoms with van der Waals surface area (Å²) in [5.74, 6) is 2.26. The maximum absolute atomic E-state index is 9.62. The standard InChI is InChI=1S/C16H23NO2/c18-11-15(12-4-6-16(19)7-5-12)10-17-8-13-2-1-3-14(13)9-17/h4-7,13-15,18-19H,1-3,8-11H2/t13-,14+,15?. The fraction of sp³-hybridized carbons (Fsp3) is 0.625. The summed E-state index contributed by atoms with van der Waals surface area (Å²) in [4.78, 5) is 2.52. The summed E-state index contributed by atoms with van der Waals surface area (Å²) in [5, 5.41) is 19.0. The van der Waals surface area contributed by atoms with E-state index in [1.165, 1.54) is 32.4 Å². The minimum Gasteiger partial charge on any atom is -0.508 e. The van der Waals surface area contributed by atoms with Crippen LogP contribution in [0.3, 0.4) is 0 Å². The number of benzene rings is 1. The van der Waals surface area contributed by atoms with Crippen LogP contribution in [0, 0.1) is 11.8 Å². The fourth-order valence-corrected chi connectivity index (χ4v) is 3.81. The van der Waals surface area contributed by atoms with Crippen molar-refractivity contribution in [1.82, 2.24) is 4.90 Å². The molecule has 1 aliphatic carbocycles. The van der Waals surface area contributed by atoms with E-state index in [-0.39, 0.29) is 18.3 Å². The highest BCUT2D eigenvalue weighted by Crippen LogP contribution is 2.38. The van der Waals surface area contributed by atoms with Crippen LogP contribution < -0.4 is 0 Å². The first-order valence-corrected chi connectivity index (χ1v) is 7.38. The molecule has 1 aromatic rings. The lowest BCUT2D eigenvalue weighted by Crippen LogP contribution is -2.28. The predicted molar refractivity (Wildman–Crippen MR) is 75.2 cm³/mol. The number of phenols is 1. The first-order chi connectivity index (χ1) is 9.26. The highest BCUT2D eigenvalue weighted by molar-refractivity contribution is 5.28. The fourth-order valence-electron chi connectivity index (χ4n) is 3.81. The highest BCUT2D eigenvalue weighted by atomic mass is 16.3. The number of rotatable bonds is 4. The van der Waals surface area contributed by atoms with E-state index in [2.05, 4.69) is 4.90 Å². The molecule has 19 heavy (non-hydrogen) atoms. The Morgan fingerprint density at radius 2 is 1.74 bits per heavy atom. The molecule has 1 aliphatic heterocycles. The van der Waals surface area contributed by atoms with Crippen LogP contribution in [0.5, 0.6) is 5.75 Å². The number of likely N-dealkylation sites (tertiary alicyclic amines) is 1. The third-order valence-electron chi connectivity index (χ3n) is 4.87. The van der Waals surface area contributed by atoms with Crippen LogP contribution in [0.4, 0.5) is 0 Å². The molecule has 1 heterocycles. The maximum atomic E-state index is 9.62. The Morgan fingerprint density at radius 1 is 1.11 bits per heavy atom. The number of aliphatic hydroxyl groups is 1. The first kappa shape index (κ1) is 12.9. The van der Waals surface area contributed by atoms with E-state index in [9.17, 15) is 10.2 Å². The Morgan fingerprint density at radius 3 is 2.32 bits per heavy atom. The van der Waals surface area contributed by atoms with Crippen molar-refractivity contribution >= 4 is 0 Å². The summed E-state index contributed by atoms with van der Waals surface area (Å²) in [6.07, 6.45) is 4.19. The van der Waals surface area contributed by atoms with Gasteiger partial charge < -0.3 is 15.1 Å². The van der Waals surface area contributed by atoms with Crippen LogP contribution in [0.15, 0.2) is 24.3 Å². The molecule has 1 unspecified atom stereocenters. The van der Waals surface area contributed by atoms with Crippen molar-refractivity contribution in [2.24, 2.45) is 11.8 Å². The summed E-state index contributed by atoms with van der Waals surface area (Å²) < 4.78 is 0. The number of nitrogens with zero attached hydrogens (tertiary/aromatic N) is 1. The van der Waals surface area contributed by atoms with Crippen LogP contribution in [-0.4, -0.2) is 41.4 Å². The van der Waals surface area contributed by atoms with Crippen molar-refractivity contribution in [2.45, 2.75) is 25.2 Å². The van der Waals surface area contributed by atoms with Gasteiger partial charge in [0.05, 0.1) is 6.61 Å². The Balaban J connectivity index is 1.62. The van der Waals surface area contributed by atoms with Gasteiger partial charge in [0.1, 0.15) is 5.75 Å². The van der Waals surface area contributed by atoms with Gasteiger partial charge in [0, 0.05) is 25.6 Å². The monoisotopic (exact) mass is 261 g/mol. The summed E-state index contributed by atoms with van der Waals surface area (Å²) >= 11 is 0. The van der Waals surface area contributed by atoms with Gasteiger partial charge in [-0.3, -0.25) is 0 Å². The van der Waals surface area contributed by atoms with Crippen molar-refractivity contribution in [3.8, 4) is 5.75 Å². The van der Waals surface area contributed by atoms with Gasteiger partial charge in [-0.2, -0.15) is 0 Å². The van der Waals surface area contributed by atoms with E-state index in [4.69, 9.17) is 0 Å². The number of phenolic OH excluding ortho intramolecular Hbond substituents is 1. The van der Waals surface area contributed by atoms with Crippen molar-refractivity contribution in [3.63, 3.8) is 0 Å². The Hall–Kier alpha value is -1.06. The van der Waals surface area contributed by atoms with E-state index in [1.54, 1.807) is 12.1 Å². The van der Waals surface area contributed by atoms with E-state index in [0.717, 1.165) is 23.9 Å². The smallest absolute Gasteiger partial charge is 0.115 e. The summed E-state index contributed by atoms with van der Waals surface area (Å²) in [6.45, 7) is 3.53. The number of aliphatic hydroxyl groups excluding tert-OH is 1. The van der Waals surface area contributed by atoms with Gasteiger partial charge in [-0.05, 0) is 42.4 Å². The predicted octanol–water partition coefficient (Wildman–Crippen LogP) is 2.20. The lowest BCUT2D eigenvalue weighted by molar-refractivity contribution is 0.213. The summed E-state index contributed by atoms with van der Waals surface area (Å²) in [6, 6.07) is 7.26.